The van der Waals surface area contributed by atoms with Gasteiger partial charge in [-0.25, -0.2) is 0 Å². The summed E-state index contributed by atoms with van der Waals surface area (Å²) in [6.45, 7) is 8.71. The van der Waals surface area contributed by atoms with Crippen molar-refractivity contribution in [1.29, 1.82) is 0 Å². The summed E-state index contributed by atoms with van der Waals surface area (Å²) in [4.78, 5) is 11.7. The van der Waals surface area contributed by atoms with Gasteiger partial charge in [0.05, 0.1) is 0 Å². The first-order valence-electron chi connectivity index (χ1n) is 6.57. The molecule has 2 rings (SSSR count). The van der Waals surface area contributed by atoms with Crippen molar-refractivity contribution in [3.05, 3.63) is 0 Å². The minimum atomic E-state index is 0.152. The highest BCUT2D eigenvalue weighted by molar-refractivity contribution is 5.88. The van der Waals surface area contributed by atoms with Crippen LogP contribution in [0.4, 0.5) is 0 Å². The van der Waals surface area contributed by atoms with Gasteiger partial charge >= 0.3 is 0 Å². The number of carbonyl (C=O) groups excluding carboxylic acids is 1. The summed E-state index contributed by atoms with van der Waals surface area (Å²) in [7, 11) is 0. The predicted molar refractivity (Wildman–Crippen MR) is 64.8 cm³/mol. The minimum absolute atomic E-state index is 0.152. The van der Waals surface area contributed by atoms with Gasteiger partial charge < -0.3 is 0 Å². The largest absolute Gasteiger partial charge is 0.299 e. The Balaban J connectivity index is 0.000000337. The smallest absolute Gasteiger partial charge is 0.139 e. The Hall–Kier alpha value is -0.330. The Morgan fingerprint density at radius 2 is 2.00 bits per heavy atom. The Morgan fingerprint density at radius 1 is 1.40 bits per heavy atom. The third-order valence-corrected chi connectivity index (χ3v) is 3.58. The first-order valence-corrected chi connectivity index (χ1v) is 6.57. The van der Waals surface area contributed by atoms with Crippen LogP contribution in [0.3, 0.4) is 0 Å². The third-order valence-electron chi connectivity index (χ3n) is 3.58. The maximum absolute atomic E-state index is 11.7. The summed E-state index contributed by atoms with van der Waals surface area (Å²) < 4.78 is 0. The van der Waals surface area contributed by atoms with Crippen molar-refractivity contribution in [3.63, 3.8) is 0 Å². The van der Waals surface area contributed by atoms with Crippen molar-refractivity contribution in [2.45, 2.75) is 66.2 Å². The molecular formula is C14H26O. The van der Waals surface area contributed by atoms with Gasteiger partial charge in [0, 0.05) is 11.8 Å². The van der Waals surface area contributed by atoms with Gasteiger partial charge in [-0.3, -0.25) is 4.79 Å². The molecule has 0 aromatic rings. The van der Waals surface area contributed by atoms with E-state index in [-0.39, 0.29) is 5.41 Å². The summed E-state index contributed by atoms with van der Waals surface area (Å²) in [6, 6.07) is 0. The van der Waals surface area contributed by atoms with Crippen molar-refractivity contribution in [3.8, 4) is 0 Å². The van der Waals surface area contributed by atoms with E-state index >= 15 is 0 Å². The standard InChI is InChI=1S/C11H18O.C3H8/c1-8(2)6-11-4-3-9(7-11)5-10(11)12;1-3-2/h8-9H,3-7H2,1-2H3;3H2,1-2H3/t9?,11-;/m0./s1. The van der Waals surface area contributed by atoms with Crippen molar-refractivity contribution in [2.75, 3.05) is 0 Å². The second kappa shape index (κ2) is 5.14. The minimum Gasteiger partial charge on any atom is -0.299 e. The van der Waals surface area contributed by atoms with Crippen molar-refractivity contribution in [1.82, 2.24) is 0 Å². The average Bonchev–Trinajstić information content (AvgIpc) is 2.60. The molecule has 2 bridgehead atoms. The molecule has 0 N–H and O–H groups in total. The van der Waals surface area contributed by atoms with E-state index in [4.69, 9.17) is 0 Å². The summed E-state index contributed by atoms with van der Waals surface area (Å²) in [6.07, 6.45) is 7.01. The molecular weight excluding hydrogens is 184 g/mol. The normalized spacial score (nSPS) is 33.1. The molecule has 0 spiro atoms. The number of fused-ring (bicyclic) bond motifs is 2. The van der Waals surface area contributed by atoms with E-state index in [0.29, 0.717) is 11.7 Å². The molecule has 2 saturated carbocycles. The Kier molecular flexibility index (Phi) is 4.36. The van der Waals surface area contributed by atoms with Crippen LogP contribution in [0, 0.1) is 17.3 Å². The van der Waals surface area contributed by atoms with Gasteiger partial charge in [-0.2, -0.15) is 0 Å². The van der Waals surface area contributed by atoms with E-state index in [1.807, 2.05) is 0 Å². The number of rotatable bonds is 2. The van der Waals surface area contributed by atoms with Crippen molar-refractivity contribution < 1.29 is 4.79 Å². The van der Waals surface area contributed by atoms with Crippen LogP contribution < -0.4 is 0 Å². The van der Waals surface area contributed by atoms with Gasteiger partial charge in [-0.05, 0) is 37.5 Å². The maximum atomic E-state index is 11.7. The molecule has 2 aliphatic rings. The van der Waals surface area contributed by atoms with Crippen LogP contribution in [0.5, 0.6) is 0 Å². The van der Waals surface area contributed by atoms with Gasteiger partial charge in [0.15, 0.2) is 0 Å². The summed E-state index contributed by atoms with van der Waals surface area (Å²) in [5, 5.41) is 0. The highest BCUT2D eigenvalue weighted by Crippen LogP contribution is 2.54. The number of ketones is 1. The average molecular weight is 210 g/mol. The van der Waals surface area contributed by atoms with Crippen LogP contribution in [0.25, 0.3) is 0 Å². The lowest BCUT2D eigenvalue weighted by atomic mass is 9.76. The summed E-state index contributed by atoms with van der Waals surface area (Å²) in [5.74, 6) is 2.02. The molecule has 15 heavy (non-hydrogen) atoms. The quantitative estimate of drug-likeness (QED) is 0.667. The lowest BCUT2D eigenvalue weighted by Crippen LogP contribution is -2.26. The van der Waals surface area contributed by atoms with E-state index in [1.165, 1.54) is 25.7 Å². The molecule has 2 fully saturated rings. The zero-order valence-electron chi connectivity index (χ0n) is 10.8. The van der Waals surface area contributed by atoms with Crippen LogP contribution in [-0.4, -0.2) is 5.78 Å². The van der Waals surface area contributed by atoms with E-state index in [9.17, 15) is 4.79 Å². The van der Waals surface area contributed by atoms with E-state index < -0.39 is 0 Å². The fraction of sp³-hybridized carbons (Fsp3) is 0.929. The van der Waals surface area contributed by atoms with Crippen LogP contribution in [0.2, 0.25) is 0 Å². The molecule has 0 radical (unpaired) electrons. The van der Waals surface area contributed by atoms with Gasteiger partial charge in [0.1, 0.15) is 5.78 Å². The van der Waals surface area contributed by atoms with Crippen LogP contribution >= 0.6 is 0 Å². The third kappa shape index (κ3) is 2.83. The van der Waals surface area contributed by atoms with Gasteiger partial charge in [0.2, 0.25) is 0 Å². The molecule has 0 aromatic carbocycles. The fourth-order valence-corrected chi connectivity index (χ4v) is 3.22. The number of hydrogen-bond donors (Lipinski definition) is 0. The second-order valence-corrected chi connectivity index (χ2v) is 5.82. The molecule has 0 heterocycles. The molecule has 2 atom stereocenters. The van der Waals surface area contributed by atoms with Gasteiger partial charge in [0.25, 0.3) is 0 Å². The first-order chi connectivity index (χ1) is 7.04. The molecule has 0 aliphatic heterocycles. The van der Waals surface area contributed by atoms with Crippen molar-refractivity contribution >= 4 is 5.78 Å². The molecule has 1 unspecified atom stereocenters. The molecule has 1 heteroatoms. The van der Waals surface area contributed by atoms with Crippen molar-refractivity contribution in [2.24, 2.45) is 17.3 Å². The SMILES string of the molecule is CC(C)C[C@]12CCC(CC1=O)C2.CCC. The fourth-order valence-electron chi connectivity index (χ4n) is 3.22. The Morgan fingerprint density at radius 3 is 2.33 bits per heavy atom. The number of carbonyl (C=O) groups is 1. The van der Waals surface area contributed by atoms with E-state index in [2.05, 4.69) is 27.7 Å². The number of Topliss-reactive ketones (excluding diaryl/α,β-unsaturated/α-hetero) is 1. The number of hydrogen-bond acceptors (Lipinski definition) is 1. The Bertz CT molecular complexity index is 219. The summed E-state index contributed by atoms with van der Waals surface area (Å²) >= 11 is 0. The molecule has 2 aliphatic carbocycles. The first kappa shape index (κ1) is 12.7. The van der Waals surface area contributed by atoms with Gasteiger partial charge in [-0.1, -0.05) is 34.1 Å². The molecule has 0 saturated heterocycles. The highest BCUT2D eigenvalue weighted by Gasteiger charge is 2.51. The van der Waals surface area contributed by atoms with E-state index in [1.54, 1.807) is 0 Å². The zero-order chi connectivity index (χ0) is 11.5. The van der Waals surface area contributed by atoms with E-state index in [0.717, 1.165) is 18.8 Å². The lowest BCUT2D eigenvalue weighted by molar-refractivity contribution is -0.127. The second-order valence-electron chi connectivity index (χ2n) is 5.82. The Labute approximate surface area is 94.6 Å². The van der Waals surface area contributed by atoms with Crippen LogP contribution in [0.1, 0.15) is 66.2 Å². The van der Waals surface area contributed by atoms with Crippen LogP contribution in [-0.2, 0) is 4.79 Å². The topological polar surface area (TPSA) is 17.1 Å². The molecule has 88 valence electrons. The molecule has 0 aromatic heterocycles. The maximum Gasteiger partial charge on any atom is 0.139 e. The molecule has 0 amide bonds. The molecule has 1 nitrogen and oxygen atoms in total. The zero-order valence-corrected chi connectivity index (χ0v) is 10.8. The predicted octanol–water partition coefficient (Wildman–Crippen LogP) is 4.21. The monoisotopic (exact) mass is 210 g/mol. The lowest BCUT2D eigenvalue weighted by Gasteiger charge is -2.26. The van der Waals surface area contributed by atoms with Gasteiger partial charge in [-0.15, -0.1) is 0 Å². The van der Waals surface area contributed by atoms with Crippen LogP contribution in [0.15, 0.2) is 0 Å². The highest BCUT2D eigenvalue weighted by atomic mass is 16.1. The summed E-state index contributed by atoms with van der Waals surface area (Å²) in [5.41, 5.74) is 0.152.